The van der Waals surface area contributed by atoms with Crippen molar-refractivity contribution in [2.45, 2.75) is 52.0 Å². The van der Waals surface area contributed by atoms with Crippen LogP contribution in [-0.4, -0.2) is 32.4 Å². The Hall–Kier alpha value is -1.81. The first-order chi connectivity index (χ1) is 15.2. The number of ether oxygens (including phenoxy) is 1. The minimum Gasteiger partial charge on any atom is -0.497 e. The maximum Gasteiger partial charge on any atom is 0.264 e. The fourth-order valence-electron chi connectivity index (χ4n) is 4.63. The molecule has 5 atom stereocenters. The Labute approximate surface area is 193 Å². The second kappa shape index (κ2) is 10.4. The molecule has 0 spiro atoms. The molecule has 6 heteroatoms. The standard InChI is InChI=1S/C26H38NO4P/c1-18(2)24-16-7-19(3)17-25(24)31-32(29,23-14-10-21(11-15-23)27(4)5)26(28)20-8-12-22(30-6)13-9-20/h8-15,18-19,24-26,28H,7,16-17H2,1-6H3/t19-,24+,25+,26-,32-/m0/s1. The van der Waals surface area contributed by atoms with Gasteiger partial charge in [-0.05, 0) is 72.6 Å². The number of rotatable bonds is 8. The lowest BCUT2D eigenvalue weighted by molar-refractivity contribution is 0.0427. The van der Waals surface area contributed by atoms with Crippen molar-refractivity contribution in [2.75, 3.05) is 26.1 Å². The minimum absolute atomic E-state index is 0.147. The van der Waals surface area contributed by atoms with Crippen LogP contribution in [0.2, 0.25) is 0 Å². The molecule has 0 saturated heterocycles. The van der Waals surface area contributed by atoms with Gasteiger partial charge in [0.1, 0.15) is 5.75 Å². The molecular weight excluding hydrogens is 421 g/mol. The van der Waals surface area contributed by atoms with Gasteiger partial charge in [-0.3, -0.25) is 4.57 Å². The van der Waals surface area contributed by atoms with E-state index < -0.39 is 13.2 Å². The normalized spacial score (nSPS) is 24.1. The first kappa shape index (κ1) is 24.8. The van der Waals surface area contributed by atoms with Crippen molar-refractivity contribution in [3.63, 3.8) is 0 Å². The van der Waals surface area contributed by atoms with Crippen molar-refractivity contribution < 1.29 is 18.9 Å². The minimum atomic E-state index is -3.63. The average Bonchev–Trinajstić information content (AvgIpc) is 2.78. The highest BCUT2D eigenvalue weighted by molar-refractivity contribution is 7.67. The molecule has 3 rings (SSSR count). The van der Waals surface area contributed by atoms with E-state index in [1.54, 1.807) is 31.4 Å². The molecule has 1 aliphatic carbocycles. The Morgan fingerprint density at radius 2 is 1.66 bits per heavy atom. The molecule has 0 radical (unpaired) electrons. The van der Waals surface area contributed by atoms with Crippen molar-refractivity contribution in [1.82, 2.24) is 0 Å². The van der Waals surface area contributed by atoms with E-state index in [9.17, 15) is 9.67 Å². The zero-order valence-corrected chi connectivity index (χ0v) is 21.1. The first-order valence-electron chi connectivity index (χ1n) is 11.5. The molecule has 32 heavy (non-hydrogen) atoms. The smallest absolute Gasteiger partial charge is 0.264 e. The number of methoxy groups -OCH3 is 1. The van der Waals surface area contributed by atoms with Crippen molar-refractivity contribution >= 4 is 18.4 Å². The number of aliphatic hydroxyl groups is 1. The Bertz CT molecular complexity index is 910. The average molecular weight is 460 g/mol. The fraction of sp³-hybridized carbons (Fsp3) is 0.538. The summed E-state index contributed by atoms with van der Waals surface area (Å²) in [5.41, 5.74) is 1.57. The molecule has 1 N–H and O–H groups in total. The van der Waals surface area contributed by atoms with E-state index in [2.05, 4.69) is 20.8 Å². The molecule has 0 aromatic heterocycles. The number of nitrogens with zero attached hydrogens (tertiary/aromatic N) is 1. The quantitative estimate of drug-likeness (QED) is 0.503. The molecule has 176 valence electrons. The van der Waals surface area contributed by atoms with Gasteiger partial charge in [0.2, 0.25) is 0 Å². The van der Waals surface area contributed by atoms with Gasteiger partial charge in [-0.1, -0.05) is 39.3 Å². The summed E-state index contributed by atoms with van der Waals surface area (Å²) in [6.45, 7) is 6.63. The molecule has 2 aromatic carbocycles. The molecule has 0 heterocycles. The van der Waals surface area contributed by atoms with Crippen LogP contribution < -0.4 is 14.9 Å². The summed E-state index contributed by atoms with van der Waals surface area (Å²) in [7, 11) is 1.90. The first-order valence-corrected chi connectivity index (χ1v) is 13.2. The maximum absolute atomic E-state index is 14.6. The topological polar surface area (TPSA) is 59.0 Å². The molecule has 1 aliphatic rings. The van der Waals surface area contributed by atoms with Crippen LogP contribution in [0, 0.1) is 17.8 Å². The molecule has 0 bridgehead atoms. The third kappa shape index (κ3) is 5.39. The zero-order chi connectivity index (χ0) is 23.5. The van der Waals surface area contributed by atoms with Crippen molar-refractivity contribution in [3.8, 4) is 5.75 Å². The fourth-order valence-corrected chi connectivity index (χ4v) is 6.92. The lowest BCUT2D eigenvalue weighted by atomic mass is 9.75. The SMILES string of the molecule is COc1ccc([C@@H](O)[P@@](=O)(O[C@@H]2C[C@@H](C)CC[C@@H]2C(C)C)c2ccc(N(C)C)cc2)cc1. The van der Waals surface area contributed by atoms with Crippen LogP contribution in [0.4, 0.5) is 5.69 Å². The number of aliphatic hydroxyl groups excluding tert-OH is 1. The van der Waals surface area contributed by atoms with E-state index in [4.69, 9.17) is 9.26 Å². The van der Waals surface area contributed by atoms with E-state index in [-0.39, 0.29) is 6.10 Å². The molecule has 0 aliphatic heterocycles. The Balaban J connectivity index is 2.02. The van der Waals surface area contributed by atoms with E-state index >= 15 is 0 Å². The van der Waals surface area contributed by atoms with Gasteiger partial charge in [-0.25, -0.2) is 0 Å². The summed E-state index contributed by atoms with van der Waals surface area (Å²) < 4.78 is 26.4. The van der Waals surface area contributed by atoms with Gasteiger partial charge in [0.15, 0.2) is 5.85 Å². The summed E-state index contributed by atoms with van der Waals surface area (Å²) in [6.07, 6.45) is 2.93. The highest BCUT2D eigenvalue weighted by Crippen LogP contribution is 2.60. The molecule has 1 fully saturated rings. The summed E-state index contributed by atoms with van der Waals surface area (Å²) in [5.74, 6) is 0.702. The molecular formula is C26H38NO4P. The summed E-state index contributed by atoms with van der Waals surface area (Å²) in [6, 6.07) is 14.6. The largest absolute Gasteiger partial charge is 0.497 e. The van der Waals surface area contributed by atoms with Gasteiger partial charge in [-0.2, -0.15) is 0 Å². The van der Waals surface area contributed by atoms with Gasteiger partial charge >= 0.3 is 0 Å². The third-order valence-corrected chi connectivity index (χ3v) is 9.26. The Kier molecular flexibility index (Phi) is 8.08. The lowest BCUT2D eigenvalue weighted by Crippen LogP contribution is -2.35. The number of benzene rings is 2. The van der Waals surface area contributed by atoms with Crippen LogP contribution in [0.1, 0.15) is 51.4 Å². The molecule has 5 nitrogen and oxygen atoms in total. The second-order valence-corrected chi connectivity index (χ2v) is 12.0. The van der Waals surface area contributed by atoms with E-state index in [1.165, 1.54) is 0 Å². The van der Waals surface area contributed by atoms with Crippen LogP contribution >= 0.6 is 7.37 Å². The zero-order valence-electron chi connectivity index (χ0n) is 20.2. The number of hydrogen-bond donors (Lipinski definition) is 1. The number of anilines is 1. The third-order valence-electron chi connectivity index (χ3n) is 6.72. The summed E-state index contributed by atoms with van der Waals surface area (Å²) >= 11 is 0. The van der Waals surface area contributed by atoms with Crippen molar-refractivity contribution in [3.05, 3.63) is 54.1 Å². The van der Waals surface area contributed by atoms with E-state index in [1.807, 2.05) is 43.3 Å². The Morgan fingerprint density at radius 3 is 2.19 bits per heavy atom. The molecule has 1 saturated carbocycles. The second-order valence-electron chi connectivity index (χ2n) is 9.62. The summed E-state index contributed by atoms with van der Waals surface area (Å²) in [5, 5.41) is 12.0. The number of hydrogen-bond acceptors (Lipinski definition) is 5. The maximum atomic E-state index is 14.6. The highest BCUT2D eigenvalue weighted by atomic mass is 31.2. The van der Waals surface area contributed by atoms with Crippen molar-refractivity contribution in [2.24, 2.45) is 17.8 Å². The van der Waals surface area contributed by atoms with Gasteiger partial charge in [0.25, 0.3) is 7.37 Å². The predicted octanol–water partition coefficient (Wildman–Crippen LogP) is 5.83. The van der Waals surface area contributed by atoms with Crippen LogP contribution in [0.25, 0.3) is 0 Å². The van der Waals surface area contributed by atoms with Gasteiger partial charge in [0.05, 0.1) is 13.2 Å². The lowest BCUT2D eigenvalue weighted by Gasteiger charge is -2.40. The van der Waals surface area contributed by atoms with E-state index in [0.717, 1.165) is 24.9 Å². The molecule has 0 amide bonds. The molecule has 0 unspecified atom stereocenters. The summed E-state index contributed by atoms with van der Waals surface area (Å²) in [4.78, 5) is 1.99. The highest BCUT2D eigenvalue weighted by Gasteiger charge is 2.42. The Morgan fingerprint density at radius 1 is 1.03 bits per heavy atom. The van der Waals surface area contributed by atoms with Crippen LogP contribution in [-0.2, 0) is 9.09 Å². The monoisotopic (exact) mass is 459 g/mol. The van der Waals surface area contributed by atoms with Gasteiger partial charge in [0, 0.05) is 25.1 Å². The van der Waals surface area contributed by atoms with Crippen LogP contribution in [0.3, 0.4) is 0 Å². The van der Waals surface area contributed by atoms with Gasteiger partial charge < -0.3 is 19.3 Å². The predicted molar refractivity (Wildman–Crippen MR) is 132 cm³/mol. The van der Waals surface area contributed by atoms with Crippen LogP contribution in [0.5, 0.6) is 5.75 Å². The van der Waals surface area contributed by atoms with Crippen LogP contribution in [0.15, 0.2) is 48.5 Å². The molecule has 2 aromatic rings. The van der Waals surface area contributed by atoms with Crippen molar-refractivity contribution in [1.29, 1.82) is 0 Å². The van der Waals surface area contributed by atoms with Gasteiger partial charge in [-0.15, -0.1) is 0 Å². The van der Waals surface area contributed by atoms with E-state index in [0.29, 0.717) is 34.4 Å².